The molecule has 0 saturated carbocycles. The number of likely N-dealkylation sites (N-methyl/N-ethyl adjacent to an activating group) is 9. The number of rotatable bonds is 13. The van der Waals surface area contributed by atoms with Gasteiger partial charge in [-0.15, -0.1) is 0 Å². The summed E-state index contributed by atoms with van der Waals surface area (Å²) in [5.41, 5.74) is -3.19. The van der Waals surface area contributed by atoms with E-state index in [0.717, 1.165) is 55.2 Å². The fraction of sp³-hybridized carbons (Fsp3) is 0.726. The van der Waals surface area contributed by atoms with E-state index in [1.165, 1.54) is 93.9 Å². The highest BCUT2D eigenvalue weighted by molar-refractivity contribution is 6.00. The molecule has 3 unspecified atom stereocenters. The number of nitrogens with zero attached hydrogens (tertiary/aromatic N) is 10. The van der Waals surface area contributed by atoms with Crippen molar-refractivity contribution >= 4 is 88.5 Å². The third kappa shape index (κ3) is 19.0. The molecule has 1 aromatic carbocycles. The van der Waals surface area contributed by atoms with Crippen LogP contribution in [-0.2, 0) is 82.2 Å². The van der Waals surface area contributed by atoms with E-state index in [4.69, 9.17) is 9.47 Å². The molecule has 0 aromatic heterocycles. The quantitative estimate of drug-likeness (QED) is 0.175. The minimum atomic E-state index is -2.20. The molecular weight excluding hydrogens is 1350 g/mol. The van der Waals surface area contributed by atoms with Gasteiger partial charge in [-0.05, 0) is 62.3 Å². The number of benzene rings is 1. The number of hydrogen-bond acceptors (Lipinski definition) is 19. The van der Waals surface area contributed by atoms with Gasteiger partial charge < -0.3 is 84.6 Å². The second-order valence-electron chi connectivity index (χ2n) is 30.8. The van der Waals surface area contributed by atoms with Gasteiger partial charge in [0.1, 0.15) is 72.2 Å². The first-order chi connectivity index (χ1) is 47.9. The van der Waals surface area contributed by atoms with Gasteiger partial charge in [0.15, 0.2) is 0 Å². The van der Waals surface area contributed by atoms with E-state index in [2.05, 4.69) is 16.0 Å². The number of anilines is 1. The Hall–Kier alpha value is -8.48. The largest absolute Gasteiger partial charge is 0.462 e. The van der Waals surface area contributed by atoms with Crippen LogP contribution in [0.1, 0.15) is 149 Å². The SMILES string of the molecule is CC[C@H](C)C1NC(=O)[C@H](C(C)C)N(C)C(=O)[C@@H]2C[C@@]3(O)c4ccccc4N[C@H]3N2C(=O)CN(C)C(=O)[C@H]([C@@H](C)CC)N(C)C(=O)C(C(C)C)NC(=O)[C@@H](OC(C)=O)N(C)C(=O)C([C@@H](C)[C@H](C)OC(C)=O)N(C)C(=O)[C@H](C(C)(C)O)N(C)C(=O)CN(C)C(=O)[C@H](C(C)C)N(C)C(=O)[C@H](C(C)C)N(C)C1=O. The van der Waals surface area contributed by atoms with Gasteiger partial charge in [-0.3, -0.25) is 67.1 Å². The Morgan fingerprint density at radius 2 is 0.952 bits per heavy atom. The summed E-state index contributed by atoms with van der Waals surface area (Å²) in [6, 6.07) is -6.47. The molecule has 3 heterocycles. The van der Waals surface area contributed by atoms with Crippen molar-refractivity contribution in [1.82, 2.24) is 59.6 Å². The summed E-state index contributed by atoms with van der Waals surface area (Å²) < 4.78 is 11.1. The molecule has 584 valence electrons. The lowest BCUT2D eigenvalue weighted by Crippen LogP contribution is -2.65. The Morgan fingerprint density at radius 1 is 0.510 bits per heavy atom. The van der Waals surface area contributed by atoms with Gasteiger partial charge in [-0.25, -0.2) is 0 Å². The van der Waals surface area contributed by atoms with E-state index < -0.39 is 221 Å². The Bertz CT molecular complexity index is 3360. The van der Waals surface area contributed by atoms with Gasteiger partial charge in [0.2, 0.25) is 65.0 Å². The van der Waals surface area contributed by atoms with Crippen LogP contribution in [0.2, 0.25) is 0 Å². The van der Waals surface area contributed by atoms with E-state index >= 15 is 43.2 Å². The minimum absolute atomic E-state index is 0.290. The summed E-state index contributed by atoms with van der Waals surface area (Å²) in [5.74, 6) is -17.4. The smallest absolute Gasteiger partial charge is 0.304 e. The highest BCUT2D eigenvalue weighted by Crippen LogP contribution is 2.50. The van der Waals surface area contributed by atoms with Crippen molar-refractivity contribution in [3.63, 3.8) is 0 Å². The van der Waals surface area contributed by atoms with Crippen molar-refractivity contribution in [1.29, 1.82) is 0 Å². The summed E-state index contributed by atoms with van der Waals surface area (Å²) in [6.07, 6.45) is -4.41. The predicted octanol–water partition coefficient (Wildman–Crippen LogP) is 1.51. The molecule has 104 heavy (non-hydrogen) atoms. The summed E-state index contributed by atoms with van der Waals surface area (Å²) in [7, 11) is 11.5. The molecule has 2 saturated heterocycles. The van der Waals surface area contributed by atoms with Crippen molar-refractivity contribution in [3.8, 4) is 0 Å². The maximum Gasteiger partial charge on any atom is 0.304 e. The van der Waals surface area contributed by atoms with Gasteiger partial charge in [-0.1, -0.05) is 121 Å². The molecule has 4 rings (SSSR count). The molecule has 2 fully saturated rings. The van der Waals surface area contributed by atoms with Crippen LogP contribution in [0.15, 0.2) is 24.3 Å². The third-order valence-electron chi connectivity index (χ3n) is 21.0. The van der Waals surface area contributed by atoms with Crippen LogP contribution in [0.25, 0.3) is 0 Å². The Balaban J connectivity index is 2.03. The van der Waals surface area contributed by atoms with Gasteiger partial charge in [0.25, 0.3) is 12.1 Å². The molecule has 0 bridgehead atoms. The van der Waals surface area contributed by atoms with Crippen molar-refractivity contribution < 1.29 is 86.8 Å². The average Bonchev–Trinajstić information content (AvgIpc) is 1.55. The van der Waals surface area contributed by atoms with Crippen LogP contribution in [-0.4, -0.2) is 297 Å². The van der Waals surface area contributed by atoms with Crippen LogP contribution in [0.4, 0.5) is 5.69 Å². The van der Waals surface area contributed by atoms with Gasteiger partial charge in [-0.2, -0.15) is 0 Å². The van der Waals surface area contributed by atoms with Crippen LogP contribution < -0.4 is 16.0 Å². The number of ether oxygens (including phenoxy) is 2. The number of amides is 12. The number of esters is 2. The van der Waals surface area contributed by atoms with E-state index in [1.807, 2.05) is 0 Å². The Morgan fingerprint density at radius 3 is 1.44 bits per heavy atom. The van der Waals surface area contributed by atoms with Crippen LogP contribution in [0.5, 0.6) is 0 Å². The number of nitrogens with one attached hydrogen (secondary N) is 3. The van der Waals surface area contributed by atoms with E-state index in [-0.39, 0.29) is 6.42 Å². The normalized spacial score (nSPS) is 28.1. The zero-order valence-corrected chi connectivity index (χ0v) is 66.2. The molecule has 12 amide bonds. The maximum atomic E-state index is 15.5. The number of hydrogen-bond donors (Lipinski definition) is 5. The van der Waals surface area contributed by atoms with Crippen molar-refractivity contribution in [2.24, 2.45) is 41.4 Å². The van der Waals surface area contributed by atoms with Crippen molar-refractivity contribution in [2.45, 2.75) is 228 Å². The average molecular weight is 1470 g/mol. The zero-order valence-electron chi connectivity index (χ0n) is 66.2. The highest BCUT2D eigenvalue weighted by atomic mass is 16.6. The van der Waals surface area contributed by atoms with Crippen LogP contribution in [0.3, 0.4) is 0 Å². The lowest BCUT2D eigenvalue weighted by atomic mass is 9.90. The van der Waals surface area contributed by atoms with Crippen molar-refractivity contribution in [2.75, 3.05) is 81.8 Å². The molecular formula is C73H119N13O18. The van der Waals surface area contributed by atoms with Crippen LogP contribution >= 0.6 is 0 Å². The monoisotopic (exact) mass is 1470 g/mol. The summed E-state index contributed by atoms with van der Waals surface area (Å²) in [5, 5.41) is 33.4. The number of carbonyl (C=O) groups is 14. The molecule has 1 aromatic rings. The van der Waals surface area contributed by atoms with Gasteiger partial charge in [0, 0.05) is 101 Å². The lowest BCUT2D eigenvalue weighted by Gasteiger charge is -2.43. The number of carbonyl (C=O) groups excluding carboxylic acids is 14. The number of fused-ring (bicyclic) bond motifs is 5. The predicted molar refractivity (Wildman–Crippen MR) is 385 cm³/mol. The first kappa shape index (κ1) is 87.9. The second-order valence-corrected chi connectivity index (χ2v) is 30.8. The molecule has 31 heteroatoms. The summed E-state index contributed by atoms with van der Waals surface area (Å²) >= 11 is 0. The molecule has 5 N–H and O–H groups in total. The van der Waals surface area contributed by atoms with E-state index in [0.29, 0.717) is 29.0 Å². The first-order valence-corrected chi connectivity index (χ1v) is 35.9. The number of aliphatic hydroxyl groups is 2. The fourth-order valence-corrected chi connectivity index (χ4v) is 14.6. The molecule has 0 spiro atoms. The van der Waals surface area contributed by atoms with Gasteiger partial charge in [0.05, 0.1) is 18.7 Å². The maximum absolute atomic E-state index is 15.5. The minimum Gasteiger partial charge on any atom is -0.462 e. The Labute approximate surface area is 613 Å². The molecule has 16 atom stereocenters. The number of para-hydroxylation sites is 1. The lowest BCUT2D eigenvalue weighted by molar-refractivity contribution is -0.175. The molecule has 0 radical (unpaired) electrons. The van der Waals surface area contributed by atoms with Crippen LogP contribution in [0, 0.1) is 41.4 Å². The molecule has 0 aliphatic carbocycles. The first-order valence-electron chi connectivity index (χ1n) is 35.9. The van der Waals surface area contributed by atoms with Crippen molar-refractivity contribution in [3.05, 3.63) is 29.8 Å². The molecule has 31 nitrogen and oxygen atoms in total. The molecule has 3 aliphatic heterocycles. The topological polar surface area (TPSA) is 366 Å². The Kier molecular flexibility index (Phi) is 30.0. The standard InChI is InChI=1S/C73H119N13O18/c1-28-41(11)53-64(95)81(23)56(40(9)10)67(98)82(24)55(39(7)8)65(96)77(19)35-50(89)79(21)59(72(17,18)101)69(100)84(26)58(43(13)44(14)103-45(15)87)68(99)85(27)70(104-46(16)88)61(92)75-52(37(3)4)63(94)83(25)57(42(12)29-2)66(97)78(20)36-51(90)86-49(62(93)80(22)54(38(5)6)60(91)76-53)34-73(102)47-32-30-31-33-48(47)74-71(73)86/h30-33,37-44,49,52-59,70-71,74,101-102H,28-29,34-36H2,1-27H3,(H,75,92)(H,76,91)/t41-,42-,43-,44-,49-,52?,53?,54-,55-,56-,57-,58?,59+,70+,71-,73+/m0/s1. The zero-order chi connectivity index (χ0) is 79.9. The summed E-state index contributed by atoms with van der Waals surface area (Å²) in [4.78, 5) is 218. The van der Waals surface area contributed by atoms with E-state index in [9.17, 15) is 34.2 Å². The van der Waals surface area contributed by atoms with Gasteiger partial charge >= 0.3 is 11.9 Å². The van der Waals surface area contributed by atoms with E-state index in [1.54, 1.807) is 107 Å². The summed E-state index contributed by atoms with van der Waals surface area (Å²) in [6.45, 7) is 26.2. The second kappa shape index (κ2) is 35.5. The molecule has 3 aliphatic rings. The third-order valence-corrected chi connectivity index (χ3v) is 21.0. The fourth-order valence-electron chi connectivity index (χ4n) is 14.6. The highest BCUT2D eigenvalue weighted by Gasteiger charge is 2.61.